The highest BCUT2D eigenvalue weighted by Crippen LogP contribution is 2.33. The summed E-state index contributed by atoms with van der Waals surface area (Å²) in [5.74, 6) is 2.97. The van der Waals surface area contributed by atoms with E-state index in [9.17, 15) is 5.11 Å². The lowest BCUT2D eigenvalue weighted by Crippen LogP contribution is -2.20. The van der Waals surface area contributed by atoms with Crippen molar-refractivity contribution in [2.24, 2.45) is 5.92 Å². The van der Waals surface area contributed by atoms with E-state index in [1.165, 1.54) is 0 Å². The van der Waals surface area contributed by atoms with Crippen molar-refractivity contribution in [3.63, 3.8) is 0 Å². The molecule has 0 spiro atoms. The standard InChI is InChI=1S/C32H38O6/c1-22(2)14-27(33)17-36-30-12-5-3-8-23(30)15-25-10-7-11-26(32(25)38-21-29-19-35-29)16-24-9-4-6-13-31(24)37-20-28-18-34-28/h3-13,22,27-29,33H,14-21H2,1-2H3. The summed E-state index contributed by atoms with van der Waals surface area (Å²) in [5, 5.41) is 10.3. The predicted molar refractivity (Wildman–Crippen MR) is 146 cm³/mol. The van der Waals surface area contributed by atoms with Gasteiger partial charge in [0.2, 0.25) is 0 Å². The number of aliphatic hydroxyl groups excluding tert-OH is 1. The largest absolute Gasteiger partial charge is 0.491 e. The van der Waals surface area contributed by atoms with E-state index < -0.39 is 6.10 Å². The van der Waals surface area contributed by atoms with Crippen molar-refractivity contribution in [2.45, 2.75) is 51.4 Å². The molecule has 202 valence electrons. The van der Waals surface area contributed by atoms with Crippen molar-refractivity contribution in [1.82, 2.24) is 0 Å². The van der Waals surface area contributed by atoms with Crippen LogP contribution in [0.25, 0.3) is 0 Å². The minimum atomic E-state index is -0.488. The number of benzene rings is 3. The Labute approximate surface area is 225 Å². The van der Waals surface area contributed by atoms with Crippen LogP contribution in [0.4, 0.5) is 0 Å². The molecule has 2 heterocycles. The highest BCUT2D eigenvalue weighted by molar-refractivity contribution is 5.49. The third kappa shape index (κ3) is 7.73. The maximum Gasteiger partial charge on any atom is 0.126 e. The summed E-state index contributed by atoms with van der Waals surface area (Å²) in [5.41, 5.74) is 4.36. The summed E-state index contributed by atoms with van der Waals surface area (Å²) >= 11 is 0. The second-order valence-corrected chi connectivity index (χ2v) is 10.6. The van der Waals surface area contributed by atoms with Gasteiger partial charge in [0.25, 0.3) is 0 Å². The van der Waals surface area contributed by atoms with Crippen LogP contribution in [0.5, 0.6) is 17.2 Å². The number of aliphatic hydroxyl groups is 1. The van der Waals surface area contributed by atoms with Gasteiger partial charge in [0, 0.05) is 12.8 Å². The Kier molecular flexibility index (Phi) is 8.84. The molecule has 0 radical (unpaired) electrons. The smallest absolute Gasteiger partial charge is 0.126 e. The minimum Gasteiger partial charge on any atom is -0.491 e. The Bertz CT molecular complexity index is 1180. The van der Waals surface area contributed by atoms with Crippen LogP contribution in [0.3, 0.4) is 0 Å². The lowest BCUT2D eigenvalue weighted by Gasteiger charge is -2.19. The van der Waals surface area contributed by atoms with E-state index in [4.69, 9.17) is 23.7 Å². The highest BCUT2D eigenvalue weighted by atomic mass is 16.6. The highest BCUT2D eigenvalue weighted by Gasteiger charge is 2.25. The SMILES string of the molecule is CC(C)CC(O)COc1ccccc1Cc1cccc(Cc2ccccc2OCC2CO2)c1OCC1CO1. The van der Waals surface area contributed by atoms with Gasteiger partial charge in [0.1, 0.15) is 49.3 Å². The van der Waals surface area contributed by atoms with Crippen molar-refractivity contribution in [2.75, 3.05) is 33.0 Å². The molecular weight excluding hydrogens is 480 g/mol. The van der Waals surface area contributed by atoms with E-state index in [1.54, 1.807) is 0 Å². The molecule has 0 bridgehead atoms. The maximum atomic E-state index is 10.3. The van der Waals surface area contributed by atoms with Crippen LogP contribution in [-0.4, -0.2) is 56.5 Å². The molecule has 2 aliphatic rings. The molecule has 2 fully saturated rings. The first-order chi connectivity index (χ1) is 18.5. The molecule has 0 saturated carbocycles. The number of hydrogen-bond donors (Lipinski definition) is 1. The summed E-state index contributed by atoms with van der Waals surface area (Å²) < 4.78 is 29.3. The van der Waals surface area contributed by atoms with E-state index in [0.717, 1.165) is 52.7 Å². The van der Waals surface area contributed by atoms with Crippen LogP contribution in [0, 0.1) is 5.92 Å². The van der Waals surface area contributed by atoms with Crippen molar-refractivity contribution < 1.29 is 28.8 Å². The Morgan fingerprint density at radius 3 is 1.76 bits per heavy atom. The van der Waals surface area contributed by atoms with Crippen LogP contribution < -0.4 is 14.2 Å². The summed E-state index contributed by atoms with van der Waals surface area (Å²) in [7, 11) is 0. The third-order valence-electron chi connectivity index (χ3n) is 6.70. The zero-order valence-electron chi connectivity index (χ0n) is 22.3. The molecule has 0 amide bonds. The van der Waals surface area contributed by atoms with Crippen molar-refractivity contribution >= 4 is 0 Å². The van der Waals surface area contributed by atoms with Crippen LogP contribution in [0.1, 0.15) is 42.5 Å². The van der Waals surface area contributed by atoms with Gasteiger partial charge in [0.15, 0.2) is 0 Å². The molecule has 3 aromatic carbocycles. The quantitative estimate of drug-likeness (QED) is 0.279. The van der Waals surface area contributed by atoms with E-state index in [-0.39, 0.29) is 18.8 Å². The van der Waals surface area contributed by atoms with Gasteiger partial charge in [-0.1, -0.05) is 68.4 Å². The third-order valence-corrected chi connectivity index (χ3v) is 6.70. The second-order valence-electron chi connectivity index (χ2n) is 10.6. The molecule has 3 atom stereocenters. The number of hydrogen-bond acceptors (Lipinski definition) is 6. The lowest BCUT2D eigenvalue weighted by molar-refractivity contribution is 0.0889. The topological polar surface area (TPSA) is 73.0 Å². The number of para-hydroxylation sites is 3. The number of epoxide rings is 2. The molecule has 6 heteroatoms. The average Bonchev–Trinajstić information content (AvgIpc) is 3.83. The zero-order valence-corrected chi connectivity index (χ0v) is 22.3. The summed E-state index contributed by atoms with van der Waals surface area (Å²) in [6, 6.07) is 22.5. The Morgan fingerprint density at radius 1 is 0.711 bits per heavy atom. The molecule has 1 N–H and O–H groups in total. The molecule has 5 rings (SSSR count). The fourth-order valence-corrected chi connectivity index (χ4v) is 4.58. The van der Waals surface area contributed by atoms with Crippen molar-refractivity contribution in [3.8, 4) is 17.2 Å². The molecule has 6 nitrogen and oxygen atoms in total. The molecule has 2 saturated heterocycles. The van der Waals surface area contributed by atoms with Gasteiger partial charge in [-0.3, -0.25) is 0 Å². The Morgan fingerprint density at radius 2 is 1.21 bits per heavy atom. The molecule has 38 heavy (non-hydrogen) atoms. The minimum absolute atomic E-state index is 0.156. The fraction of sp³-hybridized carbons (Fsp3) is 0.438. The van der Waals surface area contributed by atoms with Crippen LogP contribution in [0.15, 0.2) is 66.7 Å². The van der Waals surface area contributed by atoms with Crippen LogP contribution in [0.2, 0.25) is 0 Å². The van der Waals surface area contributed by atoms with E-state index in [2.05, 4.69) is 44.2 Å². The first kappa shape index (κ1) is 26.5. The van der Waals surface area contributed by atoms with Gasteiger partial charge in [0.05, 0.1) is 19.3 Å². The van der Waals surface area contributed by atoms with Crippen molar-refractivity contribution in [3.05, 3.63) is 89.0 Å². The summed E-state index contributed by atoms with van der Waals surface area (Å²) in [6.07, 6.45) is 1.93. The fourth-order valence-electron chi connectivity index (χ4n) is 4.58. The Balaban J connectivity index is 1.36. The molecule has 3 aromatic rings. The van der Waals surface area contributed by atoms with Gasteiger partial charge in [-0.15, -0.1) is 0 Å². The van der Waals surface area contributed by atoms with E-state index >= 15 is 0 Å². The molecule has 3 unspecified atom stereocenters. The number of rotatable bonds is 15. The second kappa shape index (κ2) is 12.7. The van der Waals surface area contributed by atoms with Gasteiger partial charge < -0.3 is 28.8 Å². The number of ether oxygens (including phenoxy) is 5. The zero-order chi connectivity index (χ0) is 26.3. The summed E-state index contributed by atoms with van der Waals surface area (Å²) in [4.78, 5) is 0. The van der Waals surface area contributed by atoms with E-state index in [1.807, 2.05) is 36.4 Å². The van der Waals surface area contributed by atoms with Gasteiger partial charge in [-0.2, -0.15) is 0 Å². The molecule has 2 aliphatic heterocycles. The first-order valence-electron chi connectivity index (χ1n) is 13.6. The van der Waals surface area contributed by atoms with Gasteiger partial charge >= 0.3 is 0 Å². The van der Waals surface area contributed by atoms with Crippen LogP contribution >= 0.6 is 0 Å². The molecule has 0 aromatic heterocycles. The predicted octanol–water partition coefficient (Wildman–Crippen LogP) is 5.21. The van der Waals surface area contributed by atoms with Gasteiger partial charge in [-0.05, 0) is 46.7 Å². The lowest BCUT2D eigenvalue weighted by atomic mass is 9.96. The average molecular weight is 519 g/mol. The summed E-state index contributed by atoms with van der Waals surface area (Å²) in [6.45, 7) is 7.10. The van der Waals surface area contributed by atoms with Crippen LogP contribution in [-0.2, 0) is 22.3 Å². The maximum absolute atomic E-state index is 10.3. The molecule has 0 aliphatic carbocycles. The normalized spacial score (nSPS) is 18.7. The Hall–Kier alpha value is -3.06. The monoisotopic (exact) mass is 518 g/mol. The van der Waals surface area contributed by atoms with E-state index in [0.29, 0.717) is 38.4 Å². The van der Waals surface area contributed by atoms with Crippen molar-refractivity contribution in [1.29, 1.82) is 0 Å². The molecular formula is C32H38O6. The first-order valence-corrected chi connectivity index (χ1v) is 13.6. The van der Waals surface area contributed by atoms with Gasteiger partial charge in [-0.25, -0.2) is 0 Å².